The summed E-state index contributed by atoms with van der Waals surface area (Å²) < 4.78 is 10.7. The lowest BCUT2D eigenvalue weighted by atomic mass is 10.1. The highest BCUT2D eigenvalue weighted by atomic mass is 16.5. The summed E-state index contributed by atoms with van der Waals surface area (Å²) in [7, 11) is 1.55. The molecule has 0 unspecified atom stereocenters. The molecule has 2 aromatic rings. The van der Waals surface area contributed by atoms with Crippen LogP contribution in [0.15, 0.2) is 36.4 Å². The predicted octanol–water partition coefficient (Wildman–Crippen LogP) is 3.30. The minimum Gasteiger partial charge on any atom is -0.495 e. The molecule has 122 valence electrons. The molecule has 0 bridgehead atoms. The molecule has 0 aliphatic carbocycles. The second-order valence-corrected chi connectivity index (χ2v) is 5.43. The van der Waals surface area contributed by atoms with Crippen LogP contribution in [0.1, 0.15) is 17.5 Å². The largest absolute Gasteiger partial charge is 0.495 e. The van der Waals surface area contributed by atoms with Crippen molar-refractivity contribution >= 4 is 17.3 Å². The molecule has 0 aliphatic heterocycles. The number of methoxy groups -OCH3 is 1. The average Bonchev–Trinajstić information content (AvgIpc) is 2.46. The van der Waals surface area contributed by atoms with Crippen molar-refractivity contribution in [3.05, 3.63) is 47.5 Å². The Labute approximate surface area is 136 Å². The summed E-state index contributed by atoms with van der Waals surface area (Å²) in [6.45, 7) is 4.35. The maximum Gasteiger partial charge on any atom is 0.227 e. The molecule has 0 aliphatic rings. The van der Waals surface area contributed by atoms with Gasteiger partial charge in [-0.25, -0.2) is 0 Å². The van der Waals surface area contributed by atoms with Crippen molar-refractivity contribution in [2.24, 2.45) is 0 Å². The van der Waals surface area contributed by atoms with E-state index in [0.29, 0.717) is 23.7 Å². The maximum atomic E-state index is 11.9. The Balaban J connectivity index is 1.84. The molecule has 0 atom stereocenters. The summed E-state index contributed by atoms with van der Waals surface area (Å²) in [6, 6.07) is 11.1. The van der Waals surface area contributed by atoms with E-state index in [1.165, 1.54) is 0 Å². The Morgan fingerprint density at radius 2 is 1.83 bits per heavy atom. The third kappa shape index (κ3) is 4.92. The van der Waals surface area contributed by atoms with Crippen molar-refractivity contribution in [3.8, 4) is 11.5 Å². The number of nitrogens with one attached hydrogen (secondary N) is 1. The van der Waals surface area contributed by atoms with Gasteiger partial charge in [0, 0.05) is 5.69 Å². The average molecular weight is 314 g/mol. The summed E-state index contributed by atoms with van der Waals surface area (Å²) in [4.78, 5) is 11.9. The molecule has 5 heteroatoms. The standard InChI is InChI=1S/C18H22N2O3/c1-12-8-13(2)10-15(9-12)23-7-6-18(21)20-14-4-5-17(22-3)16(19)11-14/h4-5,8-11H,6-7,19H2,1-3H3,(H,20,21). The number of anilines is 2. The van der Waals surface area contributed by atoms with E-state index in [-0.39, 0.29) is 12.3 Å². The fourth-order valence-electron chi connectivity index (χ4n) is 2.31. The summed E-state index contributed by atoms with van der Waals surface area (Å²) in [6.07, 6.45) is 0.263. The normalized spacial score (nSPS) is 10.2. The summed E-state index contributed by atoms with van der Waals surface area (Å²) >= 11 is 0. The number of benzene rings is 2. The molecule has 23 heavy (non-hydrogen) atoms. The minimum absolute atomic E-state index is 0.126. The smallest absolute Gasteiger partial charge is 0.227 e. The molecule has 0 radical (unpaired) electrons. The first-order valence-electron chi connectivity index (χ1n) is 7.42. The molecule has 0 saturated carbocycles. The zero-order chi connectivity index (χ0) is 16.8. The van der Waals surface area contributed by atoms with Crippen molar-refractivity contribution < 1.29 is 14.3 Å². The van der Waals surface area contributed by atoms with E-state index in [1.807, 2.05) is 26.0 Å². The molecule has 3 N–H and O–H groups in total. The van der Waals surface area contributed by atoms with Gasteiger partial charge >= 0.3 is 0 Å². The van der Waals surface area contributed by atoms with Crippen LogP contribution in [0.5, 0.6) is 11.5 Å². The fourth-order valence-corrected chi connectivity index (χ4v) is 2.31. The van der Waals surface area contributed by atoms with E-state index in [1.54, 1.807) is 25.3 Å². The number of rotatable bonds is 6. The Hall–Kier alpha value is -2.69. The number of nitrogen functional groups attached to an aromatic ring is 1. The highest BCUT2D eigenvalue weighted by Crippen LogP contribution is 2.24. The van der Waals surface area contributed by atoms with Crippen LogP contribution in [0, 0.1) is 13.8 Å². The molecule has 0 saturated heterocycles. The Morgan fingerprint density at radius 3 is 2.43 bits per heavy atom. The topological polar surface area (TPSA) is 73.6 Å². The van der Waals surface area contributed by atoms with Crippen LogP contribution >= 0.6 is 0 Å². The lowest BCUT2D eigenvalue weighted by molar-refractivity contribution is -0.116. The third-order valence-corrected chi connectivity index (χ3v) is 3.31. The summed E-state index contributed by atoms with van der Waals surface area (Å²) in [5.74, 6) is 1.24. The number of aryl methyl sites for hydroxylation is 2. The third-order valence-electron chi connectivity index (χ3n) is 3.31. The van der Waals surface area contributed by atoms with E-state index in [0.717, 1.165) is 16.9 Å². The van der Waals surface area contributed by atoms with Crippen molar-refractivity contribution in [1.82, 2.24) is 0 Å². The van der Waals surface area contributed by atoms with Gasteiger partial charge in [0.05, 0.1) is 25.8 Å². The number of carbonyl (C=O) groups is 1. The summed E-state index contributed by atoms with van der Waals surface area (Å²) in [5.41, 5.74) is 9.21. The Kier molecular flexibility index (Phi) is 5.46. The van der Waals surface area contributed by atoms with Gasteiger partial charge < -0.3 is 20.5 Å². The minimum atomic E-state index is -0.126. The fraction of sp³-hybridized carbons (Fsp3) is 0.278. The Morgan fingerprint density at radius 1 is 1.13 bits per heavy atom. The van der Waals surface area contributed by atoms with Crippen LogP contribution in [0.4, 0.5) is 11.4 Å². The van der Waals surface area contributed by atoms with Crippen LogP contribution in [0.2, 0.25) is 0 Å². The zero-order valence-electron chi connectivity index (χ0n) is 13.7. The number of carbonyl (C=O) groups excluding carboxylic acids is 1. The number of nitrogens with two attached hydrogens (primary N) is 1. The maximum absolute atomic E-state index is 11.9. The number of hydrogen-bond donors (Lipinski definition) is 2. The second-order valence-electron chi connectivity index (χ2n) is 5.43. The van der Waals surface area contributed by atoms with Gasteiger partial charge in [-0.3, -0.25) is 4.79 Å². The molecule has 0 aromatic heterocycles. The Bertz CT molecular complexity index is 678. The quantitative estimate of drug-likeness (QED) is 0.802. The van der Waals surface area contributed by atoms with Gasteiger partial charge in [-0.05, 0) is 55.3 Å². The van der Waals surface area contributed by atoms with Crippen LogP contribution < -0.4 is 20.5 Å². The van der Waals surface area contributed by atoms with Gasteiger partial charge in [-0.1, -0.05) is 6.07 Å². The zero-order valence-corrected chi connectivity index (χ0v) is 13.7. The van der Waals surface area contributed by atoms with E-state index in [4.69, 9.17) is 15.2 Å². The van der Waals surface area contributed by atoms with Gasteiger partial charge in [-0.2, -0.15) is 0 Å². The first-order chi connectivity index (χ1) is 11.0. The molecular formula is C18H22N2O3. The lowest BCUT2D eigenvalue weighted by Gasteiger charge is -2.10. The molecule has 5 nitrogen and oxygen atoms in total. The van der Waals surface area contributed by atoms with Crippen molar-refractivity contribution in [2.75, 3.05) is 24.8 Å². The van der Waals surface area contributed by atoms with E-state index in [2.05, 4.69) is 11.4 Å². The number of ether oxygens (including phenoxy) is 2. The molecule has 1 amide bonds. The van der Waals surface area contributed by atoms with Crippen molar-refractivity contribution in [3.63, 3.8) is 0 Å². The molecule has 0 fully saturated rings. The van der Waals surface area contributed by atoms with Crippen LogP contribution in [0.3, 0.4) is 0 Å². The number of amides is 1. The second kappa shape index (κ2) is 7.54. The predicted molar refractivity (Wildman–Crippen MR) is 92.1 cm³/mol. The van der Waals surface area contributed by atoms with E-state index >= 15 is 0 Å². The first kappa shape index (κ1) is 16.7. The molecule has 0 heterocycles. The lowest BCUT2D eigenvalue weighted by Crippen LogP contribution is -2.15. The highest BCUT2D eigenvalue weighted by Gasteiger charge is 2.06. The molecule has 2 rings (SSSR count). The SMILES string of the molecule is COc1ccc(NC(=O)CCOc2cc(C)cc(C)c2)cc1N. The summed E-state index contributed by atoms with van der Waals surface area (Å²) in [5, 5.41) is 2.79. The van der Waals surface area contributed by atoms with Crippen molar-refractivity contribution in [2.45, 2.75) is 20.3 Å². The van der Waals surface area contributed by atoms with Crippen LogP contribution in [-0.4, -0.2) is 19.6 Å². The highest BCUT2D eigenvalue weighted by molar-refractivity contribution is 5.91. The van der Waals surface area contributed by atoms with Gasteiger partial charge in [0.1, 0.15) is 11.5 Å². The number of hydrogen-bond acceptors (Lipinski definition) is 4. The van der Waals surface area contributed by atoms with Crippen LogP contribution in [0.25, 0.3) is 0 Å². The van der Waals surface area contributed by atoms with Gasteiger partial charge in [0.25, 0.3) is 0 Å². The molecule has 0 spiro atoms. The van der Waals surface area contributed by atoms with Crippen LogP contribution in [-0.2, 0) is 4.79 Å². The van der Waals surface area contributed by atoms with Gasteiger partial charge in [0.2, 0.25) is 5.91 Å². The molecular weight excluding hydrogens is 292 g/mol. The van der Waals surface area contributed by atoms with Gasteiger partial charge in [0.15, 0.2) is 0 Å². The first-order valence-corrected chi connectivity index (χ1v) is 7.42. The monoisotopic (exact) mass is 314 g/mol. The van der Waals surface area contributed by atoms with Crippen molar-refractivity contribution in [1.29, 1.82) is 0 Å². The van der Waals surface area contributed by atoms with E-state index < -0.39 is 0 Å². The van der Waals surface area contributed by atoms with Gasteiger partial charge in [-0.15, -0.1) is 0 Å². The van der Waals surface area contributed by atoms with E-state index in [9.17, 15) is 4.79 Å². The molecule has 2 aromatic carbocycles.